The molecular formula is C11H18O2. The van der Waals surface area contributed by atoms with Crippen LogP contribution in [0.15, 0.2) is 0 Å². The SMILES string of the molecule is CC(CC1CC2(CCC2)C1)C(=O)O. The van der Waals surface area contributed by atoms with E-state index in [1.807, 2.05) is 6.92 Å². The molecule has 2 saturated carbocycles. The Kier molecular flexibility index (Phi) is 2.09. The minimum absolute atomic E-state index is 0.137. The Morgan fingerprint density at radius 1 is 1.54 bits per heavy atom. The van der Waals surface area contributed by atoms with E-state index in [2.05, 4.69) is 0 Å². The van der Waals surface area contributed by atoms with Gasteiger partial charge >= 0.3 is 5.97 Å². The molecule has 0 aromatic heterocycles. The lowest BCUT2D eigenvalue weighted by molar-refractivity contribution is -0.143. The van der Waals surface area contributed by atoms with Crippen molar-refractivity contribution in [2.45, 2.75) is 45.4 Å². The summed E-state index contributed by atoms with van der Waals surface area (Å²) in [7, 11) is 0. The Bertz CT molecular complexity index is 210. The predicted octanol–water partition coefficient (Wildman–Crippen LogP) is 2.68. The van der Waals surface area contributed by atoms with Gasteiger partial charge in [0.05, 0.1) is 5.92 Å². The zero-order chi connectivity index (χ0) is 9.47. The van der Waals surface area contributed by atoms with E-state index in [0.717, 1.165) is 6.42 Å². The van der Waals surface area contributed by atoms with Gasteiger partial charge in [-0.2, -0.15) is 0 Å². The van der Waals surface area contributed by atoms with Gasteiger partial charge < -0.3 is 5.11 Å². The monoisotopic (exact) mass is 182 g/mol. The Labute approximate surface area is 79.3 Å². The summed E-state index contributed by atoms with van der Waals surface area (Å²) < 4.78 is 0. The Balaban J connectivity index is 1.71. The van der Waals surface area contributed by atoms with Gasteiger partial charge in [0.25, 0.3) is 0 Å². The molecule has 13 heavy (non-hydrogen) atoms. The van der Waals surface area contributed by atoms with Crippen LogP contribution in [-0.2, 0) is 4.79 Å². The van der Waals surface area contributed by atoms with Gasteiger partial charge in [0.2, 0.25) is 0 Å². The lowest BCUT2D eigenvalue weighted by atomic mass is 9.51. The molecule has 0 radical (unpaired) electrons. The molecule has 2 rings (SSSR count). The fourth-order valence-electron chi connectivity index (χ4n) is 3.02. The van der Waals surface area contributed by atoms with E-state index < -0.39 is 5.97 Å². The van der Waals surface area contributed by atoms with E-state index in [1.165, 1.54) is 32.1 Å². The van der Waals surface area contributed by atoms with E-state index in [-0.39, 0.29) is 5.92 Å². The van der Waals surface area contributed by atoms with Gasteiger partial charge in [-0.25, -0.2) is 0 Å². The minimum Gasteiger partial charge on any atom is -0.481 e. The topological polar surface area (TPSA) is 37.3 Å². The first kappa shape index (κ1) is 9.04. The van der Waals surface area contributed by atoms with E-state index in [9.17, 15) is 4.79 Å². The van der Waals surface area contributed by atoms with Gasteiger partial charge in [-0.15, -0.1) is 0 Å². The zero-order valence-corrected chi connectivity index (χ0v) is 8.25. The predicted molar refractivity (Wildman–Crippen MR) is 50.4 cm³/mol. The average Bonchev–Trinajstić information content (AvgIpc) is 1.90. The number of hydrogen-bond donors (Lipinski definition) is 1. The summed E-state index contributed by atoms with van der Waals surface area (Å²) in [6, 6.07) is 0. The first-order valence-corrected chi connectivity index (χ1v) is 5.34. The van der Waals surface area contributed by atoms with Crippen molar-refractivity contribution in [2.24, 2.45) is 17.3 Å². The molecule has 2 fully saturated rings. The van der Waals surface area contributed by atoms with Crippen molar-refractivity contribution in [1.82, 2.24) is 0 Å². The molecule has 0 saturated heterocycles. The summed E-state index contributed by atoms with van der Waals surface area (Å²) in [6.07, 6.45) is 7.74. The molecule has 2 aliphatic carbocycles. The Morgan fingerprint density at radius 3 is 2.54 bits per heavy atom. The van der Waals surface area contributed by atoms with E-state index in [0.29, 0.717) is 11.3 Å². The summed E-state index contributed by atoms with van der Waals surface area (Å²) in [5.74, 6) is -0.0524. The van der Waals surface area contributed by atoms with Crippen LogP contribution in [0.2, 0.25) is 0 Å². The van der Waals surface area contributed by atoms with Crippen LogP contribution in [-0.4, -0.2) is 11.1 Å². The van der Waals surface area contributed by atoms with Crippen LogP contribution >= 0.6 is 0 Å². The molecular weight excluding hydrogens is 164 g/mol. The smallest absolute Gasteiger partial charge is 0.306 e. The Hall–Kier alpha value is -0.530. The molecule has 0 heterocycles. The van der Waals surface area contributed by atoms with Gasteiger partial charge in [0, 0.05) is 0 Å². The molecule has 0 aromatic carbocycles. The normalized spacial score (nSPS) is 27.8. The lowest BCUT2D eigenvalue weighted by Crippen LogP contribution is -2.43. The average molecular weight is 182 g/mol. The van der Waals surface area contributed by atoms with Crippen molar-refractivity contribution >= 4 is 5.97 Å². The quantitative estimate of drug-likeness (QED) is 0.728. The van der Waals surface area contributed by atoms with Crippen LogP contribution in [0.4, 0.5) is 0 Å². The van der Waals surface area contributed by atoms with E-state index in [1.54, 1.807) is 0 Å². The maximum Gasteiger partial charge on any atom is 0.306 e. The highest BCUT2D eigenvalue weighted by Gasteiger charge is 2.48. The van der Waals surface area contributed by atoms with Crippen LogP contribution in [0.3, 0.4) is 0 Å². The van der Waals surface area contributed by atoms with Crippen LogP contribution in [0, 0.1) is 17.3 Å². The summed E-state index contributed by atoms with van der Waals surface area (Å²) in [5.41, 5.74) is 0.697. The first-order chi connectivity index (χ1) is 6.11. The number of carbonyl (C=O) groups is 1. The van der Waals surface area contributed by atoms with E-state index >= 15 is 0 Å². The highest BCUT2D eigenvalue weighted by Crippen LogP contribution is 2.59. The minimum atomic E-state index is -0.630. The molecule has 1 atom stereocenters. The summed E-state index contributed by atoms with van der Waals surface area (Å²) in [6.45, 7) is 1.83. The number of hydrogen-bond acceptors (Lipinski definition) is 1. The van der Waals surface area contributed by atoms with Crippen molar-refractivity contribution in [2.75, 3.05) is 0 Å². The van der Waals surface area contributed by atoms with Crippen molar-refractivity contribution in [3.8, 4) is 0 Å². The highest BCUT2D eigenvalue weighted by atomic mass is 16.4. The second-order valence-corrected chi connectivity index (χ2v) is 5.10. The van der Waals surface area contributed by atoms with Crippen molar-refractivity contribution in [3.05, 3.63) is 0 Å². The molecule has 0 amide bonds. The van der Waals surface area contributed by atoms with Crippen molar-refractivity contribution in [3.63, 3.8) is 0 Å². The van der Waals surface area contributed by atoms with Crippen LogP contribution in [0.5, 0.6) is 0 Å². The number of carboxylic acid groups (broad SMARTS) is 1. The standard InChI is InChI=1S/C11H18O2/c1-8(10(12)13)5-9-6-11(7-9)3-2-4-11/h8-9H,2-7H2,1H3,(H,12,13). The molecule has 2 nitrogen and oxygen atoms in total. The third kappa shape index (κ3) is 1.59. The summed E-state index contributed by atoms with van der Waals surface area (Å²) >= 11 is 0. The van der Waals surface area contributed by atoms with Crippen molar-refractivity contribution < 1.29 is 9.90 Å². The molecule has 0 aromatic rings. The molecule has 1 spiro atoms. The van der Waals surface area contributed by atoms with Gasteiger partial charge in [0.1, 0.15) is 0 Å². The molecule has 1 unspecified atom stereocenters. The van der Waals surface area contributed by atoms with Crippen molar-refractivity contribution in [1.29, 1.82) is 0 Å². The van der Waals surface area contributed by atoms with Gasteiger partial charge in [-0.05, 0) is 43.4 Å². The largest absolute Gasteiger partial charge is 0.481 e. The number of carboxylic acids is 1. The zero-order valence-electron chi connectivity index (χ0n) is 8.25. The molecule has 2 aliphatic rings. The second kappa shape index (κ2) is 3.00. The third-order valence-electron chi connectivity index (χ3n) is 3.97. The van der Waals surface area contributed by atoms with Gasteiger partial charge in [0.15, 0.2) is 0 Å². The molecule has 74 valence electrons. The molecule has 1 N–H and O–H groups in total. The van der Waals surface area contributed by atoms with Gasteiger partial charge in [-0.3, -0.25) is 4.79 Å². The maximum atomic E-state index is 10.6. The molecule has 0 aliphatic heterocycles. The number of rotatable bonds is 3. The van der Waals surface area contributed by atoms with Gasteiger partial charge in [-0.1, -0.05) is 13.3 Å². The lowest BCUT2D eigenvalue weighted by Gasteiger charge is -2.54. The summed E-state index contributed by atoms with van der Waals surface area (Å²) in [5, 5.41) is 8.75. The first-order valence-electron chi connectivity index (χ1n) is 5.34. The third-order valence-corrected chi connectivity index (χ3v) is 3.97. The number of aliphatic carboxylic acids is 1. The van der Waals surface area contributed by atoms with E-state index in [4.69, 9.17) is 5.11 Å². The molecule has 0 bridgehead atoms. The second-order valence-electron chi connectivity index (χ2n) is 5.10. The van der Waals surface area contributed by atoms with Crippen LogP contribution < -0.4 is 0 Å². The molecule has 2 heteroatoms. The van der Waals surface area contributed by atoms with Crippen LogP contribution in [0.25, 0.3) is 0 Å². The highest BCUT2D eigenvalue weighted by molar-refractivity contribution is 5.69. The maximum absolute atomic E-state index is 10.6. The Morgan fingerprint density at radius 2 is 2.15 bits per heavy atom. The fraction of sp³-hybridized carbons (Fsp3) is 0.909. The summed E-state index contributed by atoms with van der Waals surface area (Å²) in [4.78, 5) is 10.6. The van der Waals surface area contributed by atoms with Crippen LogP contribution in [0.1, 0.15) is 45.4 Å². The fourth-order valence-corrected chi connectivity index (χ4v) is 3.02.